The van der Waals surface area contributed by atoms with E-state index in [2.05, 4.69) is 34.8 Å². The van der Waals surface area contributed by atoms with E-state index in [-0.39, 0.29) is 59.0 Å². The third-order valence-corrected chi connectivity index (χ3v) is 11.6. The molecule has 1 aromatic heterocycles. The van der Waals surface area contributed by atoms with Crippen molar-refractivity contribution in [3.63, 3.8) is 0 Å². The van der Waals surface area contributed by atoms with Gasteiger partial charge in [-0.2, -0.15) is 0 Å². The highest BCUT2D eigenvalue weighted by molar-refractivity contribution is 6.28. The summed E-state index contributed by atoms with van der Waals surface area (Å²) in [6.07, 6.45) is 6.31. The third kappa shape index (κ3) is 6.17. The largest absolute Gasteiger partial charge is 0.356 e. The van der Waals surface area contributed by atoms with Crippen LogP contribution in [-0.4, -0.2) is 76.4 Å². The van der Waals surface area contributed by atoms with Crippen LogP contribution in [-0.2, 0) is 19.2 Å². The Morgan fingerprint density at radius 2 is 1.83 bits per heavy atom. The fourth-order valence-corrected chi connectivity index (χ4v) is 8.64. The Morgan fingerprint density at radius 3 is 2.52 bits per heavy atom. The highest BCUT2D eigenvalue weighted by Crippen LogP contribution is 2.65. The van der Waals surface area contributed by atoms with Crippen LogP contribution < -0.4 is 16.0 Å². The maximum Gasteiger partial charge on any atom is 0.268 e. The van der Waals surface area contributed by atoms with Gasteiger partial charge in [-0.3, -0.25) is 24.0 Å². The monoisotopic (exact) mass is 651 g/mol. The lowest BCUT2D eigenvalue weighted by Crippen LogP contribution is -2.59. The van der Waals surface area contributed by atoms with Crippen molar-refractivity contribution in [2.75, 3.05) is 19.0 Å². The van der Waals surface area contributed by atoms with Gasteiger partial charge in [-0.25, -0.2) is 0 Å². The third-order valence-electron chi connectivity index (χ3n) is 11.3. The summed E-state index contributed by atoms with van der Waals surface area (Å²) in [5.74, 6) is -2.11. The number of nitrogens with one attached hydrogen (secondary N) is 4. The number of amides is 4. The summed E-state index contributed by atoms with van der Waals surface area (Å²) < 4.78 is 0. The van der Waals surface area contributed by atoms with Gasteiger partial charge in [-0.05, 0) is 79.9 Å². The van der Waals surface area contributed by atoms with Crippen LogP contribution in [0, 0.1) is 36.0 Å². The number of hydrogen-bond donors (Lipinski definition) is 4. The number of aromatic nitrogens is 1. The number of nitrogens with zero attached hydrogens (tertiary/aromatic N) is 1. The quantitative estimate of drug-likeness (QED) is 0.289. The number of carbonyl (C=O) groups is 5. The van der Waals surface area contributed by atoms with Crippen molar-refractivity contribution < 1.29 is 24.0 Å². The van der Waals surface area contributed by atoms with Crippen LogP contribution in [0.3, 0.4) is 0 Å². The van der Waals surface area contributed by atoms with E-state index in [1.807, 2.05) is 31.2 Å². The normalized spacial score (nSPS) is 27.0. The first-order chi connectivity index (χ1) is 22.0. The van der Waals surface area contributed by atoms with E-state index in [1.165, 1.54) is 0 Å². The van der Waals surface area contributed by atoms with Crippen LogP contribution in [0.5, 0.6) is 0 Å². The lowest BCUT2D eigenvalue weighted by molar-refractivity contribution is -0.143. The van der Waals surface area contributed by atoms with E-state index in [9.17, 15) is 24.0 Å². The van der Waals surface area contributed by atoms with Crippen molar-refractivity contribution in [2.24, 2.45) is 29.1 Å². The standard InChI is InChI=1S/C35H46ClN5O5/c1-19-9-7-13-24-22(19)16-26(38-24)32(44)40-29(20-10-5-4-6-11-20)34(46)41-18-23-28(35(23,2)3)30(41)33(45)39-25(27(42)17-36)15-21-12-8-14-37-31(21)43/h7,9,13,16,20-21,23,25,28-30,38H,4-6,8,10-12,14-15,17-18H2,1-3H3,(H,37,43)(H,39,45)(H,40,44)/t21-,23-,25-,28-,29-,30-/m0/s1. The first kappa shape index (κ1) is 32.5. The van der Waals surface area contributed by atoms with Crippen molar-refractivity contribution in [3.05, 3.63) is 35.5 Å². The smallest absolute Gasteiger partial charge is 0.268 e. The molecule has 6 rings (SSSR count). The summed E-state index contributed by atoms with van der Waals surface area (Å²) >= 11 is 5.96. The fraction of sp³-hybridized carbons (Fsp3) is 0.629. The Balaban J connectivity index is 1.24. The molecule has 4 amide bonds. The number of aryl methyl sites for hydroxylation is 1. The van der Waals surface area contributed by atoms with Crippen LogP contribution in [0.2, 0.25) is 0 Å². The van der Waals surface area contributed by atoms with Gasteiger partial charge in [-0.15, -0.1) is 11.6 Å². The molecule has 0 spiro atoms. The number of H-pyrrole nitrogens is 1. The van der Waals surface area contributed by atoms with Gasteiger partial charge in [-0.1, -0.05) is 45.2 Å². The van der Waals surface area contributed by atoms with Crippen LogP contribution >= 0.6 is 11.6 Å². The molecule has 10 nitrogen and oxygen atoms in total. The van der Waals surface area contributed by atoms with E-state index >= 15 is 0 Å². The van der Waals surface area contributed by atoms with Gasteiger partial charge in [0.2, 0.25) is 17.7 Å². The maximum absolute atomic E-state index is 14.5. The predicted octanol–water partition coefficient (Wildman–Crippen LogP) is 3.85. The summed E-state index contributed by atoms with van der Waals surface area (Å²) in [5, 5.41) is 9.81. The minimum absolute atomic E-state index is 0.0413. The summed E-state index contributed by atoms with van der Waals surface area (Å²) in [6, 6.07) is 5.20. The number of rotatable bonds is 10. The molecule has 4 aliphatic rings. The fourth-order valence-electron chi connectivity index (χ4n) is 8.45. The molecular weight excluding hydrogens is 606 g/mol. The Bertz CT molecular complexity index is 1530. The van der Waals surface area contributed by atoms with Gasteiger partial charge < -0.3 is 25.8 Å². The number of Topliss-reactive ketones (excluding diaryl/α,β-unsaturated/α-hetero) is 1. The zero-order valence-corrected chi connectivity index (χ0v) is 27.8. The summed E-state index contributed by atoms with van der Waals surface area (Å²) in [5.41, 5.74) is 2.16. The molecule has 2 aromatic rings. The second kappa shape index (κ2) is 13.0. The molecule has 11 heteroatoms. The van der Waals surface area contributed by atoms with Crippen LogP contribution in [0.15, 0.2) is 24.3 Å². The van der Waals surface area contributed by atoms with Crippen molar-refractivity contribution in [1.82, 2.24) is 25.8 Å². The second-order valence-corrected chi connectivity index (χ2v) is 14.8. The zero-order chi connectivity index (χ0) is 32.7. The summed E-state index contributed by atoms with van der Waals surface area (Å²) in [6.45, 7) is 7.23. The van der Waals surface area contributed by atoms with Crippen LogP contribution in [0.1, 0.15) is 81.3 Å². The minimum atomic E-state index is -0.920. The van der Waals surface area contributed by atoms with Gasteiger partial charge in [0.25, 0.3) is 5.91 Å². The molecule has 4 N–H and O–H groups in total. The van der Waals surface area contributed by atoms with Crippen molar-refractivity contribution >= 4 is 51.9 Å². The van der Waals surface area contributed by atoms with Gasteiger partial charge in [0.15, 0.2) is 5.78 Å². The number of aromatic amines is 1. The zero-order valence-electron chi connectivity index (χ0n) is 27.0. The maximum atomic E-state index is 14.5. The van der Waals surface area contributed by atoms with E-state index in [4.69, 9.17) is 11.6 Å². The number of alkyl halides is 1. The number of piperidine rings is 2. The van der Waals surface area contributed by atoms with Gasteiger partial charge in [0, 0.05) is 29.9 Å². The number of ketones is 1. The minimum Gasteiger partial charge on any atom is -0.356 e. The Morgan fingerprint density at radius 1 is 1.07 bits per heavy atom. The molecule has 0 bridgehead atoms. The Kier molecular flexibility index (Phi) is 9.20. The Labute approximate surface area is 275 Å². The Hall–Kier alpha value is -3.40. The van der Waals surface area contributed by atoms with Crippen molar-refractivity contribution in [3.8, 4) is 0 Å². The molecule has 248 valence electrons. The molecule has 46 heavy (non-hydrogen) atoms. The SMILES string of the molecule is Cc1cccc2[nH]c(C(=O)N[C@H](C(=O)N3C[C@H]4[C@@H]([C@H]3C(=O)N[C@@H](C[C@@H]3CCCNC3=O)C(=O)CCl)C4(C)C)C3CCCCC3)cc12. The van der Waals surface area contributed by atoms with Gasteiger partial charge in [0.1, 0.15) is 17.8 Å². The van der Waals surface area contributed by atoms with Crippen molar-refractivity contribution in [1.29, 1.82) is 0 Å². The molecule has 2 saturated heterocycles. The number of halogens is 1. The first-order valence-electron chi connectivity index (χ1n) is 16.9. The molecule has 1 aromatic carbocycles. The molecule has 2 aliphatic heterocycles. The van der Waals surface area contributed by atoms with E-state index in [0.717, 1.165) is 55.0 Å². The molecule has 3 heterocycles. The first-order valence-corrected chi connectivity index (χ1v) is 17.4. The van der Waals surface area contributed by atoms with E-state index in [1.54, 1.807) is 4.90 Å². The molecule has 4 fully saturated rings. The molecule has 2 saturated carbocycles. The number of hydrogen-bond acceptors (Lipinski definition) is 5. The van der Waals surface area contributed by atoms with Gasteiger partial charge in [0.05, 0.1) is 11.9 Å². The van der Waals surface area contributed by atoms with Gasteiger partial charge >= 0.3 is 0 Å². The molecule has 2 aliphatic carbocycles. The average Bonchev–Trinajstić information content (AvgIpc) is 3.42. The highest BCUT2D eigenvalue weighted by atomic mass is 35.5. The molecule has 0 radical (unpaired) electrons. The molecular formula is C35H46ClN5O5. The predicted molar refractivity (Wildman–Crippen MR) is 175 cm³/mol. The van der Waals surface area contributed by atoms with Crippen LogP contribution in [0.4, 0.5) is 0 Å². The summed E-state index contributed by atoms with van der Waals surface area (Å²) in [4.78, 5) is 72.6. The van der Waals surface area contributed by atoms with Crippen molar-refractivity contribution in [2.45, 2.75) is 90.3 Å². The molecule has 0 unspecified atom stereocenters. The topological polar surface area (TPSA) is 140 Å². The van der Waals surface area contributed by atoms with E-state index < -0.39 is 30.0 Å². The second-order valence-electron chi connectivity index (χ2n) is 14.5. The molecule has 6 atom stereocenters. The number of likely N-dealkylation sites (tertiary alicyclic amines) is 1. The number of fused-ring (bicyclic) bond motifs is 2. The number of carbonyl (C=O) groups excluding carboxylic acids is 5. The lowest BCUT2D eigenvalue weighted by Gasteiger charge is -2.37. The van der Waals surface area contributed by atoms with Crippen LogP contribution in [0.25, 0.3) is 10.9 Å². The highest BCUT2D eigenvalue weighted by Gasteiger charge is 2.69. The lowest BCUT2D eigenvalue weighted by atomic mass is 9.83. The van der Waals surface area contributed by atoms with E-state index in [0.29, 0.717) is 25.2 Å². The summed E-state index contributed by atoms with van der Waals surface area (Å²) in [7, 11) is 0. The number of benzene rings is 1. The average molecular weight is 652 g/mol.